The summed E-state index contributed by atoms with van der Waals surface area (Å²) in [6.45, 7) is 11.9. The molecule has 1 aromatic rings. The first-order chi connectivity index (χ1) is 5.30. The van der Waals surface area contributed by atoms with E-state index in [0.29, 0.717) is 0 Å². The topological polar surface area (TPSA) is 26.0 Å². The Morgan fingerprint density at radius 2 is 1.55 bits per heavy atom. The minimum atomic E-state index is 0.972. The van der Waals surface area contributed by atoms with E-state index in [1.165, 1.54) is 0 Å². The molecule has 0 N–H and O–H groups in total. The van der Waals surface area contributed by atoms with Gasteiger partial charge in [-0.25, -0.2) is 0 Å². The van der Waals surface area contributed by atoms with Crippen LogP contribution in [0.25, 0.3) is 0 Å². The van der Waals surface area contributed by atoms with E-state index < -0.39 is 0 Å². The molecule has 0 saturated heterocycles. The van der Waals surface area contributed by atoms with E-state index >= 15 is 0 Å². The SMILES string of the molecule is CC.CC.Cc1conc1C. The van der Waals surface area contributed by atoms with Crippen molar-refractivity contribution < 1.29 is 4.52 Å². The molecule has 1 heterocycles. The summed E-state index contributed by atoms with van der Waals surface area (Å²) in [6.07, 6.45) is 1.63. The Balaban J connectivity index is 0. The number of aryl methyl sites for hydroxylation is 2. The Morgan fingerprint density at radius 1 is 1.09 bits per heavy atom. The molecular weight excluding hydrogens is 138 g/mol. The summed E-state index contributed by atoms with van der Waals surface area (Å²) in [4.78, 5) is 0. The summed E-state index contributed by atoms with van der Waals surface area (Å²) < 4.78 is 4.59. The number of aromatic nitrogens is 1. The van der Waals surface area contributed by atoms with Gasteiger partial charge in [-0.1, -0.05) is 32.9 Å². The molecule has 0 bridgehead atoms. The highest BCUT2D eigenvalue weighted by molar-refractivity contribution is 5.08. The second-order valence-electron chi connectivity index (χ2n) is 1.58. The normalized spacial score (nSPS) is 7.09. The maximum atomic E-state index is 4.59. The van der Waals surface area contributed by atoms with Crippen molar-refractivity contribution in [2.75, 3.05) is 0 Å². The molecule has 2 nitrogen and oxygen atoms in total. The lowest BCUT2D eigenvalue weighted by molar-refractivity contribution is 0.414. The molecule has 0 aliphatic carbocycles. The summed E-state index contributed by atoms with van der Waals surface area (Å²) in [5, 5.41) is 3.64. The first-order valence-electron chi connectivity index (χ1n) is 4.18. The van der Waals surface area contributed by atoms with Gasteiger partial charge in [-0.15, -0.1) is 0 Å². The van der Waals surface area contributed by atoms with Gasteiger partial charge in [0, 0.05) is 5.56 Å². The summed E-state index contributed by atoms with van der Waals surface area (Å²) in [7, 11) is 0. The number of rotatable bonds is 0. The zero-order valence-corrected chi connectivity index (χ0v) is 8.43. The van der Waals surface area contributed by atoms with Crippen LogP contribution in [-0.4, -0.2) is 5.16 Å². The van der Waals surface area contributed by atoms with Crippen LogP contribution in [-0.2, 0) is 0 Å². The molecular formula is C9H19NO. The van der Waals surface area contributed by atoms with E-state index in [2.05, 4.69) is 9.68 Å². The fourth-order valence-electron chi connectivity index (χ4n) is 0.342. The van der Waals surface area contributed by atoms with E-state index in [4.69, 9.17) is 0 Å². The van der Waals surface area contributed by atoms with E-state index in [-0.39, 0.29) is 0 Å². The molecule has 0 fully saturated rings. The zero-order chi connectivity index (χ0) is 9.28. The van der Waals surface area contributed by atoms with Crippen molar-refractivity contribution in [3.63, 3.8) is 0 Å². The average molecular weight is 157 g/mol. The Labute approximate surface area is 69.6 Å². The molecule has 11 heavy (non-hydrogen) atoms. The van der Waals surface area contributed by atoms with Gasteiger partial charge < -0.3 is 4.52 Å². The lowest BCUT2D eigenvalue weighted by Crippen LogP contribution is -1.69. The monoisotopic (exact) mass is 157 g/mol. The van der Waals surface area contributed by atoms with Gasteiger partial charge in [0.15, 0.2) is 0 Å². The first kappa shape index (κ1) is 12.8. The highest BCUT2D eigenvalue weighted by Gasteiger charge is 1.90. The molecule has 2 heteroatoms. The molecule has 0 aliphatic heterocycles. The molecule has 0 saturated carbocycles. The molecule has 0 radical (unpaired) electrons. The molecule has 0 amide bonds. The van der Waals surface area contributed by atoms with Gasteiger partial charge in [-0.05, 0) is 13.8 Å². The fraction of sp³-hybridized carbons (Fsp3) is 0.667. The van der Waals surface area contributed by atoms with E-state index in [9.17, 15) is 0 Å². The second-order valence-corrected chi connectivity index (χ2v) is 1.58. The predicted molar refractivity (Wildman–Crippen MR) is 48.7 cm³/mol. The first-order valence-corrected chi connectivity index (χ1v) is 4.18. The molecule has 66 valence electrons. The van der Waals surface area contributed by atoms with E-state index in [1.807, 2.05) is 41.5 Å². The predicted octanol–water partition coefficient (Wildman–Crippen LogP) is 3.34. The van der Waals surface area contributed by atoms with Crippen molar-refractivity contribution in [1.82, 2.24) is 5.16 Å². The lowest BCUT2D eigenvalue weighted by Gasteiger charge is -1.74. The van der Waals surface area contributed by atoms with Crippen molar-refractivity contribution in [2.24, 2.45) is 0 Å². The van der Waals surface area contributed by atoms with Gasteiger partial charge in [-0.2, -0.15) is 0 Å². The number of hydrogen-bond acceptors (Lipinski definition) is 2. The average Bonchev–Trinajstić information content (AvgIpc) is 2.44. The zero-order valence-electron chi connectivity index (χ0n) is 8.43. The summed E-state index contributed by atoms with van der Waals surface area (Å²) in [5.74, 6) is 0. The molecule has 0 atom stereocenters. The summed E-state index contributed by atoms with van der Waals surface area (Å²) in [5.41, 5.74) is 2.08. The number of nitrogens with zero attached hydrogens (tertiary/aromatic N) is 1. The van der Waals surface area contributed by atoms with Crippen molar-refractivity contribution in [1.29, 1.82) is 0 Å². The highest BCUT2D eigenvalue weighted by Crippen LogP contribution is 1.99. The van der Waals surface area contributed by atoms with Crippen LogP contribution in [0.2, 0.25) is 0 Å². The maximum Gasteiger partial charge on any atom is 0.126 e. The van der Waals surface area contributed by atoms with Gasteiger partial charge >= 0.3 is 0 Å². The Kier molecular flexibility index (Phi) is 10.8. The summed E-state index contributed by atoms with van der Waals surface area (Å²) >= 11 is 0. The summed E-state index contributed by atoms with van der Waals surface area (Å²) in [6, 6.07) is 0. The third-order valence-electron chi connectivity index (χ3n) is 0.990. The van der Waals surface area contributed by atoms with Gasteiger partial charge in [0.2, 0.25) is 0 Å². The van der Waals surface area contributed by atoms with Crippen molar-refractivity contribution >= 4 is 0 Å². The standard InChI is InChI=1S/C5H7NO.2C2H6/c1-4-3-7-6-5(4)2;2*1-2/h3H,1-2H3;2*1-2H3. The highest BCUT2D eigenvalue weighted by atomic mass is 16.5. The molecule has 0 unspecified atom stereocenters. The minimum Gasteiger partial charge on any atom is -0.364 e. The molecule has 0 aromatic carbocycles. The smallest absolute Gasteiger partial charge is 0.126 e. The van der Waals surface area contributed by atoms with Crippen molar-refractivity contribution in [3.8, 4) is 0 Å². The fourth-order valence-corrected chi connectivity index (χ4v) is 0.342. The third kappa shape index (κ3) is 5.64. The maximum absolute atomic E-state index is 4.59. The van der Waals surface area contributed by atoms with Crippen LogP contribution in [0.15, 0.2) is 10.8 Å². The van der Waals surface area contributed by atoms with Crippen LogP contribution in [0.1, 0.15) is 39.0 Å². The van der Waals surface area contributed by atoms with Gasteiger partial charge in [0.05, 0.1) is 5.69 Å². The van der Waals surface area contributed by atoms with Gasteiger partial charge in [0.1, 0.15) is 6.26 Å². The lowest BCUT2D eigenvalue weighted by atomic mass is 10.3. The van der Waals surface area contributed by atoms with Crippen LogP contribution in [0.5, 0.6) is 0 Å². The molecule has 0 spiro atoms. The van der Waals surface area contributed by atoms with Gasteiger partial charge in [0.25, 0.3) is 0 Å². The Bertz CT molecular complexity index is 142. The molecule has 1 aromatic heterocycles. The van der Waals surface area contributed by atoms with Gasteiger partial charge in [-0.3, -0.25) is 0 Å². The van der Waals surface area contributed by atoms with Crippen LogP contribution in [0, 0.1) is 13.8 Å². The largest absolute Gasteiger partial charge is 0.364 e. The van der Waals surface area contributed by atoms with Crippen molar-refractivity contribution in [3.05, 3.63) is 17.5 Å². The van der Waals surface area contributed by atoms with Crippen molar-refractivity contribution in [2.45, 2.75) is 41.5 Å². The quantitative estimate of drug-likeness (QED) is 0.577. The van der Waals surface area contributed by atoms with E-state index in [1.54, 1.807) is 6.26 Å². The van der Waals surface area contributed by atoms with Crippen LogP contribution < -0.4 is 0 Å². The minimum absolute atomic E-state index is 0.972. The number of hydrogen-bond donors (Lipinski definition) is 0. The molecule has 1 rings (SSSR count). The Morgan fingerprint density at radius 3 is 1.64 bits per heavy atom. The van der Waals surface area contributed by atoms with Crippen LogP contribution >= 0.6 is 0 Å². The third-order valence-corrected chi connectivity index (χ3v) is 0.990. The molecule has 0 aliphatic rings. The Hall–Kier alpha value is -0.790. The van der Waals surface area contributed by atoms with Crippen LogP contribution in [0.3, 0.4) is 0 Å². The van der Waals surface area contributed by atoms with Crippen LogP contribution in [0.4, 0.5) is 0 Å². The second kappa shape index (κ2) is 9.21. The van der Waals surface area contributed by atoms with E-state index in [0.717, 1.165) is 11.3 Å².